The van der Waals surface area contributed by atoms with E-state index in [0.29, 0.717) is 22.4 Å². The van der Waals surface area contributed by atoms with Crippen molar-refractivity contribution in [1.29, 1.82) is 0 Å². The summed E-state index contributed by atoms with van der Waals surface area (Å²) in [4.78, 5) is 20.8. The number of rotatable bonds is 5. The lowest BCUT2D eigenvalue weighted by atomic mass is 10.0. The Morgan fingerprint density at radius 2 is 1.90 bits per heavy atom. The first-order valence-corrected chi connectivity index (χ1v) is 9.04. The lowest BCUT2D eigenvalue weighted by molar-refractivity contribution is 0.146. The predicted molar refractivity (Wildman–Crippen MR) is 105 cm³/mol. The Hall–Kier alpha value is -3.69. The summed E-state index contributed by atoms with van der Waals surface area (Å²) in [5, 5.41) is 7.62. The largest absolute Gasteiger partial charge is 0.363 e. The number of benzene rings is 1. The molecule has 0 spiro atoms. The Morgan fingerprint density at radius 3 is 2.60 bits per heavy atom. The molecule has 0 aliphatic carbocycles. The zero-order valence-corrected chi connectivity index (χ0v) is 16.1. The number of nitrogens with one attached hydrogen (secondary N) is 1. The van der Waals surface area contributed by atoms with Crippen LogP contribution in [0.15, 0.2) is 54.0 Å². The van der Waals surface area contributed by atoms with Gasteiger partial charge in [-0.25, -0.2) is 23.1 Å². The molecule has 0 amide bonds. The van der Waals surface area contributed by atoms with Crippen LogP contribution in [0.25, 0.3) is 16.6 Å². The lowest BCUT2D eigenvalue weighted by Gasteiger charge is -2.18. The summed E-state index contributed by atoms with van der Waals surface area (Å²) in [6, 6.07) is 4.57. The lowest BCUT2D eigenvalue weighted by Crippen LogP contribution is -2.17. The summed E-state index contributed by atoms with van der Waals surface area (Å²) in [6.45, 7) is 1.64. The molecule has 3 aromatic heterocycles. The van der Waals surface area contributed by atoms with Gasteiger partial charge in [-0.05, 0) is 6.92 Å². The maximum absolute atomic E-state index is 14.5. The number of alkyl halides is 2. The SMILES string of the molecule is C[C@@H](Nc1ncnc2cc(=O)n(-c3cnn(C)c3)cc12)c1cccc(C(F)F)c1F. The van der Waals surface area contributed by atoms with Crippen molar-refractivity contribution < 1.29 is 13.2 Å². The van der Waals surface area contributed by atoms with Crippen LogP contribution in [-0.4, -0.2) is 24.3 Å². The highest BCUT2D eigenvalue weighted by Crippen LogP contribution is 2.29. The summed E-state index contributed by atoms with van der Waals surface area (Å²) >= 11 is 0. The van der Waals surface area contributed by atoms with Gasteiger partial charge in [-0.2, -0.15) is 5.10 Å². The van der Waals surface area contributed by atoms with Gasteiger partial charge in [0.25, 0.3) is 12.0 Å². The van der Waals surface area contributed by atoms with Crippen molar-refractivity contribution in [2.45, 2.75) is 19.4 Å². The van der Waals surface area contributed by atoms with E-state index >= 15 is 0 Å². The normalized spacial score (nSPS) is 12.5. The highest BCUT2D eigenvalue weighted by molar-refractivity contribution is 5.88. The first kappa shape index (κ1) is 19.6. The van der Waals surface area contributed by atoms with Gasteiger partial charge < -0.3 is 5.32 Å². The van der Waals surface area contributed by atoms with E-state index in [4.69, 9.17) is 0 Å². The summed E-state index contributed by atoms with van der Waals surface area (Å²) < 4.78 is 43.5. The Bertz CT molecular complexity index is 1280. The Morgan fingerprint density at radius 1 is 1.13 bits per heavy atom. The highest BCUT2D eigenvalue weighted by Gasteiger charge is 2.20. The van der Waals surface area contributed by atoms with Crippen LogP contribution in [0.3, 0.4) is 0 Å². The zero-order valence-electron chi connectivity index (χ0n) is 16.1. The molecule has 1 atom stereocenters. The second-order valence-corrected chi connectivity index (χ2v) is 6.79. The molecule has 0 bridgehead atoms. The molecule has 0 aliphatic rings. The second kappa shape index (κ2) is 7.62. The first-order valence-electron chi connectivity index (χ1n) is 9.04. The van der Waals surface area contributed by atoms with E-state index < -0.39 is 23.8 Å². The van der Waals surface area contributed by atoms with Crippen LogP contribution in [0, 0.1) is 5.82 Å². The highest BCUT2D eigenvalue weighted by atomic mass is 19.3. The van der Waals surface area contributed by atoms with E-state index in [1.165, 1.54) is 35.3 Å². The third kappa shape index (κ3) is 3.51. The molecule has 4 aromatic rings. The van der Waals surface area contributed by atoms with Gasteiger partial charge in [0.1, 0.15) is 18.0 Å². The molecule has 0 aliphatic heterocycles. The maximum Gasteiger partial charge on any atom is 0.266 e. The summed E-state index contributed by atoms with van der Waals surface area (Å²) in [5.74, 6) is -0.620. The van der Waals surface area contributed by atoms with Crippen LogP contribution in [-0.2, 0) is 7.05 Å². The number of aromatic nitrogens is 5. The molecule has 4 rings (SSSR count). The third-order valence-electron chi connectivity index (χ3n) is 4.75. The van der Waals surface area contributed by atoms with Crippen molar-refractivity contribution >= 4 is 16.7 Å². The van der Waals surface area contributed by atoms with E-state index in [-0.39, 0.29) is 11.1 Å². The molecule has 30 heavy (non-hydrogen) atoms. The monoisotopic (exact) mass is 414 g/mol. The van der Waals surface area contributed by atoms with Gasteiger partial charge >= 0.3 is 0 Å². The van der Waals surface area contributed by atoms with Gasteiger partial charge in [-0.3, -0.25) is 14.0 Å². The van der Waals surface area contributed by atoms with Gasteiger partial charge in [0, 0.05) is 31.1 Å². The van der Waals surface area contributed by atoms with Crippen molar-refractivity contribution in [2.24, 2.45) is 7.05 Å². The zero-order chi connectivity index (χ0) is 21.4. The van der Waals surface area contributed by atoms with E-state index in [1.807, 2.05) is 0 Å². The fraction of sp³-hybridized carbons (Fsp3) is 0.200. The van der Waals surface area contributed by atoms with Gasteiger partial charge in [0.2, 0.25) is 0 Å². The molecule has 1 aromatic carbocycles. The summed E-state index contributed by atoms with van der Waals surface area (Å²) in [5.41, 5.74) is 0.0812. The molecule has 7 nitrogen and oxygen atoms in total. The molecule has 0 unspecified atom stereocenters. The summed E-state index contributed by atoms with van der Waals surface area (Å²) in [7, 11) is 1.73. The van der Waals surface area contributed by atoms with E-state index in [1.54, 1.807) is 31.0 Å². The summed E-state index contributed by atoms with van der Waals surface area (Å²) in [6.07, 6.45) is 3.15. The minimum Gasteiger partial charge on any atom is -0.363 e. The molecule has 3 heterocycles. The first-order chi connectivity index (χ1) is 14.3. The topological polar surface area (TPSA) is 77.6 Å². The second-order valence-electron chi connectivity index (χ2n) is 6.79. The van der Waals surface area contributed by atoms with E-state index in [0.717, 1.165) is 6.07 Å². The number of fused-ring (bicyclic) bond motifs is 1. The van der Waals surface area contributed by atoms with Crippen molar-refractivity contribution in [3.8, 4) is 5.69 Å². The molecule has 0 radical (unpaired) electrons. The minimum absolute atomic E-state index is 0.0835. The van der Waals surface area contributed by atoms with Crippen LogP contribution >= 0.6 is 0 Å². The number of hydrogen-bond donors (Lipinski definition) is 1. The Balaban J connectivity index is 1.76. The standard InChI is InChI=1S/C20H17F3N6O/c1-11(13-4-3-5-14(18(13)21)19(22)23)27-20-15-9-29(12-7-26-28(2)8-12)17(30)6-16(15)24-10-25-20/h3-11,19H,1-2H3,(H,24,25,27)/t11-/m1/s1. The van der Waals surface area contributed by atoms with Crippen LogP contribution in [0.5, 0.6) is 0 Å². The van der Waals surface area contributed by atoms with Crippen molar-refractivity contribution in [3.05, 3.63) is 76.5 Å². The van der Waals surface area contributed by atoms with Gasteiger partial charge in [-0.15, -0.1) is 0 Å². The number of aryl methyl sites for hydroxylation is 1. The third-order valence-corrected chi connectivity index (χ3v) is 4.75. The molecule has 154 valence electrons. The van der Waals surface area contributed by atoms with Gasteiger partial charge in [-0.1, -0.05) is 18.2 Å². The van der Waals surface area contributed by atoms with E-state index in [2.05, 4.69) is 20.4 Å². The fourth-order valence-corrected chi connectivity index (χ4v) is 3.23. The fourth-order valence-electron chi connectivity index (χ4n) is 3.23. The van der Waals surface area contributed by atoms with Crippen molar-refractivity contribution in [2.75, 3.05) is 5.32 Å². The van der Waals surface area contributed by atoms with E-state index in [9.17, 15) is 18.0 Å². The van der Waals surface area contributed by atoms with Gasteiger partial charge in [0.15, 0.2) is 0 Å². The number of halogens is 3. The molecule has 1 N–H and O–H groups in total. The predicted octanol–water partition coefficient (Wildman–Crippen LogP) is 3.76. The molecular formula is C20H17F3N6O. The van der Waals surface area contributed by atoms with Crippen molar-refractivity contribution in [3.63, 3.8) is 0 Å². The molecular weight excluding hydrogens is 397 g/mol. The molecule has 0 saturated carbocycles. The van der Waals surface area contributed by atoms with Crippen LogP contribution in [0.1, 0.15) is 30.5 Å². The Kier molecular flexibility index (Phi) is 4.98. The average Bonchev–Trinajstić information content (AvgIpc) is 3.13. The number of nitrogens with zero attached hydrogens (tertiary/aromatic N) is 5. The Labute approximate surface area is 168 Å². The maximum atomic E-state index is 14.5. The van der Waals surface area contributed by atoms with Crippen LogP contribution < -0.4 is 10.9 Å². The number of anilines is 1. The van der Waals surface area contributed by atoms with Gasteiger partial charge in [0.05, 0.1) is 34.4 Å². The smallest absolute Gasteiger partial charge is 0.266 e. The van der Waals surface area contributed by atoms with Crippen LogP contribution in [0.4, 0.5) is 19.0 Å². The van der Waals surface area contributed by atoms with Crippen LogP contribution in [0.2, 0.25) is 0 Å². The van der Waals surface area contributed by atoms with Crippen molar-refractivity contribution in [1.82, 2.24) is 24.3 Å². The average molecular weight is 414 g/mol. The number of pyridine rings is 1. The molecule has 0 fully saturated rings. The number of hydrogen-bond acceptors (Lipinski definition) is 5. The quantitative estimate of drug-likeness (QED) is 0.538. The minimum atomic E-state index is -2.91. The molecule has 0 saturated heterocycles. The molecule has 10 heteroatoms.